The molecule has 1 heterocycles. The molecule has 3 heteroatoms. The zero-order valence-corrected chi connectivity index (χ0v) is 14.6. The molecule has 2 aromatic carbocycles. The first kappa shape index (κ1) is 17.0. The van der Waals surface area contributed by atoms with E-state index in [1.807, 2.05) is 12.1 Å². The highest BCUT2D eigenvalue weighted by molar-refractivity contribution is 5.51. The number of ether oxygens (including phenoxy) is 1. The molecule has 1 fully saturated rings. The summed E-state index contributed by atoms with van der Waals surface area (Å²) in [5, 5.41) is 0. The van der Waals surface area contributed by atoms with Crippen LogP contribution in [0.1, 0.15) is 24.0 Å². The van der Waals surface area contributed by atoms with Gasteiger partial charge in [0.25, 0.3) is 0 Å². The number of nitrogens with zero attached hydrogens (tertiary/aromatic N) is 1. The Kier molecular flexibility index (Phi) is 5.54. The molecule has 2 aromatic rings. The summed E-state index contributed by atoms with van der Waals surface area (Å²) in [6.07, 6.45) is 3.32. The van der Waals surface area contributed by atoms with Crippen molar-refractivity contribution in [3.63, 3.8) is 0 Å². The van der Waals surface area contributed by atoms with Crippen LogP contribution in [0.2, 0.25) is 0 Å². The Bertz CT molecular complexity index is 633. The minimum atomic E-state index is 0.0589. The van der Waals surface area contributed by atoms with Gasteiger partial charge in [0.05, 0.1) is 6.61 Å². The molecule has 1 aliphatic heterocycles. The molecular weight excluding hydrogens is 296 g/mol. The zero-order valence-electron chi connectivity index (χ0n) is 14.6. The molecular formula is C21H28N2O. The number of benzene rings is 2. The molecule has 0 saturated carbocycles. The van der Waals surface area contributed by atoms with Gasteiger partial charge >= 0.3 is 0 Å². The highest BCUT2D eigenvalue weighted by Crippen LogP contribution is 2.38. The second kappa shape index (κ2) is 7.82. The largest absolute Gasteiger partial charge is 0.398 e. The second-order valence-electron chi connectivity index (χ2n) is 6.88. The number of hydrogen-bond donors (Lipinski definition) is 1. The van der Waals surface area contributed by atoms with E-state index >= 15 is 0 Å². The second-order valence-corrected chi connectivity index (χ2v) is 6.88. The molecule has 0 amide bonds. The number of para-hydroxylation sites is 1. The van der Waals surface area contributed by atoms with Crippen molar-refractivity contribution in [3.8, 4) is 0 Å². The average molecular weight is 324 g/mol. The van der Waals surface area contributed by atoms with E-state index < -0.39 is 0 Å². The molecule has 2 N–H and O–H groups in total. The highest BCUT2D eigenvalue weighted by Gasteiger charge is 2.37. The van der Waals surface area contributed by atoms with Gasteiger partial charge in [-0.3, -0.25) is 0 Å². The molecule has 3 rings (SSSR count). The van der Waals surface area contributed by atoms with Crippen molar-refractivity contribution in [1.82, 2.24) is 4.90 Å². The minimum absolute atomic E-state index is 0.0589. The molecule has 24 heavy (non-hydrogen) atoms. The Labute approximate surface area is 145 Å². The monoisotopic (exact) mass is 324 g/mol. The fourth-order valence-corrected chi connectivity index (χ4v) is 3.88. The van der Waals surface area contributed by atoms with Crippen LogP contribution in [0, 0.1) is 0 Å². The summed E-state index contributed by atoms with van der Waals surface area (Å²) in [4.78, 5) is 2.57. The molecule has 0 bridgehead atoms. The molecule has 3 nitrogen and oxygen atoms in total. The number of piperidine rings is 1. The van der Waals surface area contributed by atoms with Crippen LogP contribution in [0.3, 0.4) is 0 Å². The van der Waals surface area contributed by atoms with Crippen molar-refractivity contribution >= 4 is 5.69 Å². The van der Waals surface area contributed by atoms with Crippen LogP contribution in [-0.4, -0.2) is 38.3 Å². The third kappa shape index (κ3) is 3.80. The van der Waals surface area contributed by atoms with Crippen LogP contribution < -0.4 is 5.73 Å². The number of likely N-dealkylation sites (tertiary alicyclic amines) is 1. The zero-order chi connectivity index (χ0) is 16.8. The van der Waals surface area contributed by atoms with Gasteiger partial charge in [0.1, 0.15) is 0 Å². The third-order valence-corrected chi connectivity index (χ3v) is 5.33. The highest BCUT2D eigenvalue weighted by atomic mass is 16.5. The minimum Gasteiger partial charge on any atom is -0.398 e. The van der Waals surface area contributed by atoms with Crippen molar-refractivity contribution in [1.29, 1.82) is 0 Å². The maximum atomic E-state index is 6.27. The predicted molar refractivity (Wildman–Crippen MR) is 100 cm³/mol. The molecule has 0 radical (unpaired) electrons. The van der Waals surface area contributed by atoms with E-state index in [-0.39, 0.29) is 5.41 Å². The quantitative estimate of drug-likeness (QED) is 0.827. The normalized spacial score (nSPS) is 17.7. The Morgan fingerprint density at radius 2 is 1.67 bits per heavy atom. The summed E-state index contributed by atoms with van der Waals surface area (Å²) in [6.45, 7) is 4.07. The fraction of sp³-hybridized carbons (Fsp3) is 0.429. The maximum absolute atomic E-state index is 6.27. The summed E-state index contributed by atoms with van der Waals surface area (Å²) in [5.41, 5.74) is 9.90. The Hall–Kier alpha value is -1.84. The van der Waals surface area contributed by atoms with Gasteiger partial charge in [-0.1, -0.05) is 48.5 Å². The van der Waals surface area contributed by atoms with Gasteiger partial charge in [0, 0.05) is 24.8 Å². The number of nitrogens with two attached hydrogens (primary N) is 1. The van der Waals surface area contributed by atoms with E-state index in [4.69, 9.17) is 10.5 Å². The summed E-state index contributed by atoms with van der Waals surface area (Å²) in [5.74, 6) is 0. The van der Waals surface area contributed by atoms with Crippen molar-refractivity contribution in [2.24, 2.45) is 0 Å². The van der Waals surface area contributed by atoms with Crippen LogP contribution >= 0.6 is 0 Å². The molecule has 0 spiro atoms. The van der Waals surface area contributed by atoms with Crippen molar-refractivity contribution < 1.29 is 4.74 Å². The number of anilines is 1. The Morgan fingerprint density at radius 3 is 2.33 bits per heavy atom. The lowest BCUT2D eigenvalue weighted by Crippen LogP contribution is -2.46. The van der Waals surface area contributed by atoms with Crippen molar-refractivity contribution in [2.75, 3.05) is 39.1 Å². The number of rotatable bonds is 6. The number of hydrogen-bond acceptors (Lipinski definition) is 3. The van der Waals surface area contributed by atoms with Crippen LogP contribution in [0.25, 0.3) is 0 Å². The first-order valence-electron chi connectivity index (χ1n) is 8.84. The van der Waals surface area contributed by atoms with Crippen molar-refractivity contribution in [3.05, 3.63) is 65.7 Å². The van der Waals surface area contributed by atoms with Gasteiger partial charge in [-0.05, 0) is 49.5 Å². The first-order chi connectivity index (χ1) is 11.7. The maximum Gasteiger partial charge on any atom is 0.0560 e. The lowest BCUT2D eigenvalue weighted by Gasteiger charge is -2.42. The van der Waals surface area contributed by atoms with Gasteiger partial charge in [0.15, 0.2) is 0 Å². The smallest absolute Gasteiger partial charge is 0.0560 e. The molecule has 0 unspecified atom stereocenters. The summed E-state index contributed by atoms with van der Waals surface area (Å²) in [6, 6.07) is 19.0. The molecule has 0 atom stereocenters. The Morgan fingerprint density at radius 1 is 1.00 bits per heavy atom. The fourth-order valence-electron chi connectivity index (χ4n) is 3.88. The summed E-state index contributed by atoms with van der Waals surface area (Å²) >= 11 is 0. The van der Waals surface area contributed by atoms with Gasteiger partial charge < -0.3 is 15.4 Å². The SMILES string of the molecule is COCC1(c2ccccc2N)CCN(CCc2ccccc2)CC1. The van der Waals surface area contributed by atoms with Crippen LogP contribution in [0.4, 0.5) is 5.69 Å². The first-order valence-corrected chi connectivity index (χ1v) is 8.84. The van der Waals surface area contributed by atoms with E-state index in [0.29, 0.717) is 0 Å². The van der Waals surface area contributed by atoms with E-state index in [2.05, 4.69) is 47.4 Å². The van der Waals surface area contributed by atoms with Crippen LogP contribution in [0.15, 0.2) is 54.6 Å². The topological polar surface area (TPSA) is 38.5 Å². The molecule has 1 saturated heterocycles. The predicted octanol–water partition coefficient (Wildman–Crippen LogP) is 3.49. The van der Waals surface area contributed by atoms with Gasteiger partial charge in [-0.2, -0.15) is 0 Å². The van der Waals surface area contributed by atoms with Crippen LogP contribution in [0.5, 0.6) is 0 Å². The van der Waals surface area contributed by atoms with E-state index in [0.717, 1.165) is 51.2 Å². The van der Waals surface area contributed by atoms with Gasteiger partial charge in [-0.25, -0.2) is 0 Å². The standard InChI is InChI=1S/C21H28N2O/c1-24-17-21(19-9-5-6-10-20(19)22)12-15-23(16-13-21)14-11-18-7-3-2-4-8-18/h2-10H,11-17,22H2,1H3. The molecule has 0 aromatic heterocycles. The van der Waals surface area contributed by atoms with E-state index in [9.17, 15) is 0 Å². The van der Waals surface area contributed by atoms with Crippen molar-refractivity contribution in [2.45, 2.75) is 24.7 Å². The Balaban J connectivity index is 1.64. The summed E-state index contributed by atoms with van der Waals surface area (Å²) < 4.78 is 5.58. The lowest BCUT2D eigenvalue weighted by molar-refractivity contribution is 0.0734. The molecule has 1 aliphatic rings. The number of nitrogen functional groups attached to an aromatic ring is 1. The number of methoxy groups -OCH3 is 1. The average Bonchev–Trinajstić information content (AvgIpc) is 2.63. The van der Waals surface area contributed by atoms with E-state index in [1.54, 1.807) is 7.11 Å². The van der Waals surface area contributed by atoms with Crippen LogP contribution in [-0.2, 0) is 16.6 Å². The molecule has 128 valence electrons. The van der Waals surface area contributed by atoms with Gasteiger partial charge in [-0.15, -0.1) is 0 Å². The van der Waals surface area contributed by atoms with Gasteiger partial charge in [0.2, 0.25) is 0 Å². The lowest BCUT2D eigenvalue weighted by atomic mass is 9.72. The summed E-state index contributed by atoms with van der Waals surface area (Å²) in [7, 11) is 1.79. The third-order valence-electron chi connectivity index (χ3n) is 5.33. The van der Waals surface area contributed by atoms with E-state index in [1.165, 1.54) is 11.1 Å². The molecule has 0 aliphatic carbocycles.